The van der Waals surface area contributed by atoms with Crippen molar-refractivity contribution in [1.29, 1.82) is 0 Å². The molecule has 13 heteroatoms. The number of fused-ring (bicyclic) bond motifs is 1. The molecular weight excluding hydrogens is 520 g/mol. The molecule has 6 N–H and O–H groups in total. The van der Waals surface area contributed by atoms with Crippen LogP contribution in [-0.4, -0.2) is 111 Å². The maximum absolute atomic E-state index is 12.6. The van der Waals surface area contributed by atoms with Crippen molar-refractivity contribution in [2.75, 3.05) is 13.7 Å². The highest BCUT2D eigenvalue weighted by atomic mass is 16.8. The summed E-state index contributed by atoms with van der Waals surface area (Å²) in [5, 5.41) is 63.3. The van der Waals surface area contributed by atoms with Crippen molar-refractivity contribution in [1.82, 2.24) is 0 Å². The molecule has 0 aromatic heterocycles. The van der Waals surface area contributed by atoms with Gasteiger partial charge in [-0.3, -0.25) is 0 Å². The van der Waals surface area contributed by atoms with Gasteiger partial charge in [-0.15, -0.1) is 0 Å². The molecule has 2 aliphatic heterocycles. The van der Waals surface area contributed by atoms with E-state index in [1.54, 1.807) is 24.3 Å². The summed E-state index contributed by atoms with van der Waals surface area (Å²) >= 11 is 0. The summed E-state index contributed by atoms with van der Waals surface area (Å²) in [6.07, 6.45) is -8.13. The summed E-state index contributed by atoms with van der Waals surface area (Å²) in [6, 6.07) is 8.90. The minimum atomic E-state index is -2.19. The van der Waals surface area contributed by atoms with E-state index in [-0.39, 0.29) is 5.57 Å². The van der Waals surface area contributed by atoms with Crippen LogP contribution in [0, 0.1) is 5.92 Å². The molecule has 13 nitrogen and oxygen atoms in total. The van der Waals surface area contributed by atoms with Crippen LogP contribution in [0.3, 0.4) is 0 Å². The lowest BCUT2D eigenvalue weighted by molar-refractivity contribution is -0.352. The normalized spacial score (nSPS) is 39.9. The number of aliphatic hydroxyl groups excluding tert-OH is 4. The number of hydrogen-bond donors (Lipinski definition) is 6. The third-order valence-corrected chi connectivity index (χ3v) is 7.34. The second kappa shape index (κ2) is 11.3. The van der Waals surface area contributed by atoms with Crippen molar-refractivity contribution in [3.63, 3.8) is 0 Å². The van der Waals surface area contributed by atoms with Gasteiger partial charge >= 0.3 is 11.9 Å². The number of esters is 2. The largest absolute Gasteiger partial charge is 0.471 e. The highest BCUT2D eigenvalue weighted by molar-refractivity contribution is 5.91. The summed E-state index contributed by atoms with van der Waals surface area (Å²) < 4.78 is 26.8. The van der Waals surface area contributed by atoms with Crippen LogP contribution in [0.4, 0.5) is 0 Å². The fourth-order valence-electron chi connectivity index (χ4n) is 5.22. The Hall–Kier alpha value is -2.88. The summed E-state index contributed by atoms with van der Waals surface area (Å²) in [5.41, 5.74) is -3.92. The van der Waals surface area contributed by atoms with Crippen LogP contribution in [0.15, 0.2) is 48.2 Å². The van der Waals surface area contributed by atoms with Gasteiger partial charge in [0.25, 0.3) is 0 Å². The lowest BCUT2D eigenvalue weighted by atomic mass is 9.77. The van der Waals surface area contributed by atoms with Crippen molar-refractivity contribution in [3.05, 3.63) is 53.8 Å². The molecule has 1 aromatic rings. The van der Waals surface area contributed by atoms with Gasteiger partial charge in [-0.2, -0.15) is 0 Å². The molecule has 39 heavy (non-hydrogen) atoms. The Labute approximate surface area is 223 Å². The van der Waals surface area contributed by atoms with Gasteiger partial charge < -0.3 is 54.3 Å². The summed E-state index contributed by atoms with van der Waals surface area (Å²) in [5.74, 6) is -3.31. The zero-order valence-electron chi connectivity index (χ0n) is 21.2. The SMILES string of the molecule is COC(=O)C1=COC(O[C@@H]2O[C@H](CO)[C@@H](O)[C@H](O)[C@H]2O)[C@@H]2[C@@](C)(O)[C@@H](OC(=O)/C=C/c3ccccc3)C[C@]12O. The van der Waals surface area contributed by atoms with Crippen LogP contribution >= 0.6 is 0 Å². The van der Waals surface area contributed by atoms with Gasteiger partial charge in [0.1, 0.15) is 47.3 Å². The molecule has 1 saturated carbocycles. The lowest BCUT2D eigenvalue weighted by Crippen LogP contribution is -2.62. The number of rotatable bonds is 7. The molecule has 1 aromatic carbocycles. The van der Waals surface area contributed by atoms with Crippen molar-refractivity contribution in [2.45, 2.75) is 67.6 Å². The van der Waals surface area contributed by atoms with Gasteiger partial charge in [-0.25, -0.2) is 9.59 Å². The van der Waals surface area contributed by atoms with Gasteiger partial charge in [0.2, 0.25) is 6.29 Å². The zero-order chi connectivity index (χ0) is 28.5. The highest BCUT2D eigenvalue weighted by Gasteiger charge is 2.69. The first-order valence-electron chi connectivity index (χ1n) is 12.2. The fourth-order valence-corrected chi connectivity index (χ4v) is 5.22. The number of benzene rings is 1. The Balaban J connectivity index is 1.61. The highest BCUT2D eigenvalue weighted by Crippen LogP contribution is 2.53. The van der Waals surface area contributed by atoms with E-state index < -0.39 is 85.2 Å². The minimum Gasteiger partial charge on any atom is -0.471 e. The van der Waals surface area contributed by atoms with E-state index in [2.05, 4.69) is 0 Å². The maximum atomic E-state index is 12.6. The lowest BCUT2D eigenvalue weighted by Gasteiger charge is -2.46. The predicted octanol–water partition coefficient (Wildman–Crippen LogP) is -1.66. The molecule has 2 heterocycles. The van der Waals surface area contributed by atoms with E-state index in [1.807, 2.05) is 6.07 Å². The van der Waals surface area contributed by atoms with Crippen LogP contribution in [0.1, 0.15) is 18.9 Å². The Morgan fingerprint density at radius 3 is 2.41 bits per heavy atom. The van der Waals surface area contributed by atoms with E-state index >= 15 is 0 Å². The van der Waals surface area contributed by atoms with Crippen LogP contribution in [0.2, 0.25) is 0 Å². The molecule has 10 atom stereocenters. The molecule has 4 rings (SSSR count). The minimum absolute atomic E-state index is 0.373. The van der Waals surface area contributed by atoms with Crippen LogP contribution in [-0.2, 0) is 33.3 Å². The van der Waals surface area contributed by atoms with Crippen molar-refractivity contribution >= 4 is 18.0 Å². The first kappa shape index (κ1) is 29.1. The predicted molar refractivity (Wildman–Crippen MR) is 129 cm³/mol. The van der Waals surface area contributed by atoms with E-state index in [4.69, 9.17) is 23.7 Å². The maximum Gasteiger partial charge on any atom is 0.339 e. The Kier molecular flexibility index (Phi) is 8.44. The molecule has 1 aliphatic carbocycles. The van der Waals surface area contributed by atoms with Gasteiger partial charge in [0.05, 0.1) is 25.9 Å². The fraction of sp³-hybridized carbons (Fsp3) is 0.538. The Morgan fingerprint density at radius 1 is 1.08 bits per heavy atom. The number of carbonyl (C=O) groups is 2. The van der Waals surface area contributed by atoms with Gasteiger partial charge in [0, 0.05) is 12.5 Å². The quantitative estimate of drug-likeness (QED) is 0.166. The molecular formula is C26H32O13. The zero-order valence-corrected chi connectivity index (χ0v) is 21.2. The second-order valence-electron chi connectivity index (χ2n) is 9.86. The molecule has 1 saturated heterocycles. The van der Waals surface area contributed by atoms with Gasteiger partial charge in [-0.1, -0.05) is 30.3 Å². The van der Waals surface area contributed by atoms with E-state index in [0.29, 0.717) is 0 Å². The summed E-state index contributed by atoms with van der Waals surface area (Å²) in [4.78, 5) is 25.1. The number of ether oxygens (including phenoxy) is 5. The van der Waals surface area contributed by atoms with Crippen molar-refractivity contribution in [2.24, 2.45) is 5.92 Å². The molecule has 0 amide bonds. The first-order valence-corrected chi connectivity index (χ1v) is 12.2. The average Bonchev–Trinajstić information content (AvgIpc) is 3.12. The molecule has 2 fully saturated rings. The second-order valence-corrected chi connectivity index (χ2v) is 9.86. The monoisotopic (exact) mass is 552 g/mol. The number of aliphatic hydroxyl groups is 6. The van der Waals surface area contributed by atoms with Crippen LogP contribution in [0.25, 0.3) is 6.08 Å². The topological polar surface area (TPSA) is 202 Å². The third kappa shape index (κ3) is 5.44. The number of methoxy groups -OCH3 is 1. The third-order valence-electron chi connectivity index (χ3n) is 7.34. The molecule has 0 radical (unpaired) electrons. The number of carbonyl (C=O) groups excluding carboxylic acids is 2. The smallest absolute Gasteiger partial charge is 0.339 e. The molecule has 0 spiro atoms. The molecule has 214 valence electrons. The summed E-state index contributed by atoms with van der Waals surface area (Å²) in [6.45, 7) is 0.532. The van der Waals surface area contributed by atoms with E-state index in [0.717, 1.165) is 25.0 Å². The average molecular weight is 553 g/mol. The van der Waals surface area contributed by atoms with Gasteiger partial charge in [-0.05, 0) is 18.6 Å². The van der Waals surface area contributed by atoms with Crippen LogP contribution < -0.4 is 0 Å². The van der Waals surface area contributed by atoms with Gasteiger partial charge in [0.15, 0.2) is 6.29 Å². The Morgan fingerprint density at radius 2 is 1.77 bits per heavy atom. The Bertz CT molecular complexity index is 1100. The van der Waals surface area contributed by atoms with E-state index in [1.165, 1.54) is 13.0 Å². The number of hydrogen-bond acceptors (Lipinski definition) is 13. The molecule has 3 aliphatic rings. The molecule has 1 unspecified atom stereocenters. The molecule has 0 bridgehead atoms. The van der Waals surface area contributed by atoms with E-state index in [9.17, 15) is 40.2 Å². The standard InChI is InChI=1S/C26H32O13/c1-25(33)16(38-17(28)9-8-13-6-4-3-5-7-13)10-26(34)14(22(32)35-2)12-36-24(21(25)26)39-23-20(31)19(30)18(29)15(11-27)37-23/h3-9,12,15-16,18-21,23-24,27,29-31,33-34H,10-11H2,1-2H3/b9-8+/t15-,16+,18-,19+,20-,21-,23+,24?,25+,26+/m1/s1. The van der Waals surface area contributed by atoms with Crippen molar-refractivity contribution in [3.8, 4) is 0 Å². The van der Waals surface area contributed by atoms with Crippen molar-refractivity contribution < 1.29 is 63.9 Å². The van der Waals surface area contributed by atoms with Crippen LogP contribution in [0.5, 0.6) is 0 Å². The summed E-state index contributed by atoms with van der Waals surface area (Å²) in [7, 11) is 1.08. The first-order chi connectivity index (χ1) is 18.4.